The van der Waals surface area contributed by atoms with Gasteiger partial charge in [0, 0.05) is 6.42 Å². The number of aryl methyl sites for hydroxylation is 1. The minimum absolute atomic E-state index is 0.635. The van der Waals surface area contributed by atoms with Crippen molar-refractivity contribution in [1.29, 1.82) is 0 Å². The van der Waals surface area contributed by atoms with Gasteiger partial charge in [0.1, 0.15) is 11.3 Å². The molecule has 0 saturated carbocycles. The molecule has 0 aliphatic heterocycles. The van der Waals surface area contributed by atoms with Crippen LogP contribution in [0.1, 0.15) is 18.6 Å². The number of oxazole rings is 1. The summed E-state index contributed by atoms with van der Waals surface area (Å²) in [5.41, 5.74) is 1.70. The SMILES string of the molecule is CCc1nc(SCc2nc3ccccc3o2)n[nH]1. The molecule has 0 fully saturated rings. The summed E-state index contributed by atoms with van der Waals surface area (Å²) >= 11 is 1.52. The van der Waals surface area contributed by atoms with Crippen LogP contribution in [0.5, 0.6) is 0 Å². The number of para-hydroxylation sites is 2. The van der Waals surface area contributed by atoms with Crippen LogP contribution in [0.3, 0.4) is 0 Å². The van der Waals surface area contributed by atoms with Gasteiger partial charge in [-0.05, 0) is 12.1 Å². The molecule has 0 aliphatic carbocycles. The highest BCUT2D eigenvalue weighted by molar-refractivity contribution is 7.98. The van der Waals surface area contributed by atoms with Crippen LogP contribution in [-0.2, 0) is 12.2 Å². The molecule has 18 heavy (non-hydrogen) atoms. The fraction of sp³-hybridized carbons (Fsp3) is 0.250. The first kappa shape index (κ1) is 11.3. The molecule has 3 aromatic rings. The van der Waals surface area contributed by atoms with Gasteiger partial charge < -0.3 is 4.42 Å². The Balaban J connectivity index is 1.72. The lowest BCUT2D eigenvalue weighted by atomic mass is 10.3. The number of hydrogen-bond acceptors (Lipinski definition) is 5. The second kappa shape index (κ2) is 4.81. The van der Waals surface area contributed by atoms with E-state index < -0.39 is 0 Å². The van der Waals surface area contributed by atoms with Gasteiger partial charge in [-0.3, -0.25) is 5.10 Å². The van der Waals surface area contributed by atoms with Crippen LogP contribution in [-0.4, -0.2) is 20.2 Å². The number of H-pyrrole nitrogens is 1. The van der Waals surface area contributed by atoms with Crippen molar-refractivity contribution in [1.82, 2.24) is 20.2 Å². The van der Waals surface area contributed by atoms with Gasteiger partial charge >= 0.3 is 0 Å². The number of benzene rings is 1. The van der Waals surface area contributed by atoms with E-state index in [1.807, 2.05) is 31.2 Å². The third kappa shape index (κ3) is 2.24. The van der Waals surface area contributed by atoms with E-state index in [1.165, 1.54) is 11.8 Å². The second-order valence-corrected chi connectivity index (χ2v) is 4.72. The lowest BCUT2D eigenvalue weighted by molar-refractivity contribution is 0.556. The lowest BCUT2D eigenvalue weighted by Gasteiger charge is -1.90. The van der Waals surface area contributed by atoms with Crippen molar-refractivity contribution in [2.45, 2.75) is 24.3 Å². The first-order valence-electron chi connectivity index (χ1n) is 5.73. The normalized spacial score (nSPS) is 11.2. The van der Waals surface area contributed by atoms with Crippen molar-refractivity contribution in [3.8, 4) is 0 Å². The number of nitrogens with one attached hydrogen (secondary N) is 1. The molecule has 2 aromatic heterocycles. The summed E-state index contributed by atoms with van der Waals surface area (Å²) in [5, 5.41) is 7.73. The molecule has 6 heteroatoms. The number of aromatic amines is 1. The zero-order valence-corrected chi connectivity index (χ0v) is 10.7. The van der Waals surface area contributed by atoms with Crippen molar-refractivity contribution >= 4 is 22.9 Å². The minimum atomic E-state index is 0.635. The maximum absolute atomic E-state index is 5.63. The topological polar surface area (TPSA) is 67.6 Å². The van der Waals surface area contributed by atoms with Crippen molar-refractivity contribution in [3.05, 3.63) is 36.0 Å². The van der Waals surface area contributed by atoms with Crippen LogP contribution in [0.2, 0.25) is 0 Å². The van der Waals surface area contributed by atoms with Crippen molar-refractivity contribution in [2.75, 3.05) is 0 Å². The lowest BCUT2D eigenvalue weighted by Crippen LogP contribution is -1.82. The van der Waals surface area contributed by atoms with Crippen molar-refractivity contribution in [2.24, 2.45) is 0 Å². The zero-order chi connectivity index (χ0) is 12.4. The maximum Gasteiger partial charge on any atom is 0.208 e. The summed E-state index contributed by atoms with van der Waals surface area (Å²) in [6.45, 7) is 2.04. The van der Waals surface area contributed by atoms with Gasteiger partial charge in [-0.15, -0.1) is 5.10 Å². The molecular weight excluding hydrogens is 248 g/mol. The highest BCUT2D eigenvalue weighted by Gasteiger charge is 2.08. The molecular formula is C12H12N4OS. The zero-order valence-electron chi connectivity index (χ0n) is 9.88. The third-order valence-corrected chi connectivity index (χ3v) is 3.34. The number of aromatic nitrogens is 4. The largest absolute Gasteiger partial charge is 0.440 e. The van der Waals surface area contributed by atoms with Crippen LogP contribution in [0.15, 0.2) is 33.8 Å². The van der Waals surface area contributed by atoms with Crippen LogP contribution >= 0.6 is 11.8 Å². The average molecular weight is 260 g/mol. The molecule has 0 unspecified atom stereocenters. The van der Waals surface area contributed by atoms with Crippen molar-refractivity contribution in [3.63, 3.8) is 0 Å². The first-order valence-corrected chi connectivity index (χ1v) is 6.72. The van der Waals surface area contributed by atoms with Gasteiger partial charge in [0.25, 0.3) is 0 Å². The summed E-state index contributed by atoms with van der Waals surface area (Å²) in [5.74, 6) is 2.23. The molecule has 1 N–H and O–H groups in total. The average Bonchev–Trinajstić information content (AvgIpc) is 3.02. The summed E-state index contributed by atoms with van der Waals surface area (Å²) < 4.78 is 5.63. The van der Waals surface area contributed by atoms with Crippen LogP contribution in [0.25, 0.3) is 11.1 Å². The number of thioether (sulfide) groups is 1. The Hall–Kier alpha value is -1.82. The van der Waals surface area contributed by atoms with E-state index >= 15 is 0 Å². The molecule has 0 atom stereocenters. The molecule has 0 saturated heterocycles. The third-order valence-electron chi connectivity index (χ3n) is 2.51. The summed E-state index contributed by atoms with van der Waals surface area (Å²) in [4.78, 5) is 8.73. The van der Waals surface area contributed by atoms with E-state index in [4.69, 9.17) is 4.42 Å². The number of hydrogen-bond donors (Lipinski definition) is 1. The summed E-state index contributed by atoms with van der Waals surface area (Å²) in [6, 6.07) is 7.74. The van der Waals surface area contributed by atoms with E-state index in [0.717, 1.165) is 28.5 Å². The summed E-state index contributed by atoms with van der Waals surface area (Å²) in [6.07, 6.45) is 0.858. The molecule has 0 aliphatic rings. The maximum atomic E-state index is 5.63. The molecule has 0 spiro atoms. The van der Waals surface area contributed by atoms with E-state index in [0.29, 0.717) is 11.6 Å². The van der Waals surface area contributed by atoms with Gasteiger partial charge in [-0.2, -0.15) is 0 Å². The fourth-order valence-corrected chi connectivity index (χ4v) is 2.27. The molecule has 0 amide bonds. The number of nitrogens with zero attached hydrogens (tertiary/aromatic N) is 3. The highest BCUT2D eigenvalue weighted by atomic mass is 32.2. The molecule has 92 valence electrons. The smallest absolute Gasteiger partial charge is 0.208 e. The van der Waals surface area contributed by atoms with Gasteiger partial charge in [0.15, 0.2) is 5.58 Å². The Morgan fingerprint density at radius 2 is 2.17 bits per heavy atom. The standard InChI is InChI=1S/C12H12N4OS/c1-2-10-14-12(16-15-10)18-7-11-13-8-5-3-4-6-9(8)17-11/h3-6H,2,7H2,1H3,(H,14,15,16). The molecule has 3 rings (SSSR count). The Bertz CT molecular complexity index is 628. The van der Waals surface area contributed by atoms with E-state index in [2.05, 4.69) is 20.2 Å². The Morgan fingerprint density at radius 1 is 1.28 bits per heavy atom. The second-order valence-electron chi connectivity index (χ2n) is 3.78. The van der Waals surface area contributed by atoms with Gasteiger partial charge in [0.05, 0.1) is 5.75 Å². The monoisotopic (exact) mass is 260 g/mol. The fourth-order valence-electron chi connectivity index (χ4n) is 1.61. The van der Waals surface area contributed by atoms with Crippen LogP contribution in [0.4, 0.5) is 0 Å². The predicted octanol–water partition coefficient (Wildman–Crippen LogP) is 2.80. The van der Waals surface area contributed by atoms with E-state index in [-0.39, 0.29) is 0 Å². The highest BCUT2D eigenvalue weighted by Crippen LogP contribution is 2.22. The van der Waals surface area contributed by atoms with Crippen molar-refractivity contribution < 1.29 is 4.42 Å². The van der Waals surface area contributed by atoms with E-state index in [9.17, 15) is 0 Å². The molecule has 1 aromatic carbocycles. The quantitative estimate of drug-likeness (QED) is 0.730. The van der Waals surface area contributed by atoms with Crippen LogP contribution < -0.4 is 0 Å². The van der Waals surface area contributed by atoms with Gasteiger partial charge in [0.2, 0.25) is 11.0 Å². The molecule has 5 nitrogen and oxygen atoms in total. The van der Waals surface area contributed by atoms with Crippen LogP contribution in [0, 0.1) is 0 Å². The Labute approximate surface area is 108 Å². The van der Waals surface area contributed by atoms with Gasteiger partial charge in [-0.1, -0.05) is 30.8 Å². The summed E-state index contributed by atoms with van der Waals surface area (Å²) in [7, 11) is 0. The van der Waals surface area contributed by atoms with Gasteiger partial charge in [-0.25, -0.2) is 9.97 Å². The number of rotatable bonds is 4. The Kier molecular flexibility index (Phi) is 3.02. The first-order chi connectivity index (χ1) is 8.85. The van der Waals surface area contributed by atoms with E-state index in [1.54, 1.807) is 0 Å². The molecule has 2 heterocycles. The molecule has 0 bridgehead atoms. The number of fused-ring (bicyclic) bond motifs is 1. The Morgan fingerprint density at radius 3 is 2.94 bits per heavy atom. The predicted molar refractivity (Wildman–Crippen MR) is 69.3 cm³/mol. The molecule has 0 radical (unpaired) electrons. The minimum Gasteiger partial charge on any atom is -0.440 e.